The van der Waals surface area contributed by atoms with Gasteiger partial charge in [-0.25, -0.2) is 0 Å². The normalized spacial score (nSPS) is 10.5. The average molecular weight is 249 g/mol. The quantitative estimate of drug-likeness (QED) is 0.536. The molecule has 4 nitrogen and oxygen atoms in total. The van der Waals surface area contributed by atoms with E-state index in [1.807, 2.05) is 19.1 Å². The summed E-state index contributed by atoms with van der Waals surface area (Å²) in [6, 6.07) is 5.45. The van der Waals surface area contributed by atoms with E-state index in [1.54, 1.807) is 6.07 Å². The van der Waals surface area contributed by atoms with Crippen molar-refractivity contribution in [3.63, 3.8) is 0 Å². The lowest BCUT2D eigenvalue weighted by Crippen LogP contribution is -2.29. The number of carbonyl (C=O) groups is 1. The molecule has 1 rings (SSSR count). The maximum atomic E-state index is 12.0. The first-order chi connectivity index (χ1) is 8.62. The molecule has 1 amide bonds. The highest BCUT2D eigenvalue weighted by Gasteiger charge is 2.09. The average Bonchev–Trinajstić information content (AvgIpc) is 2.39. The number of amides is 1. The highest BCUT2D eigenvalue weighted by Crippen LogP contribution is 2.15. The van der Waals surface area contributed by atoms with Crippen molar-refractivity contribution in [2.45, 2.75) is 33.6 Å². The van der Waals surface area contributed by atoms with E-state index < -0.39 is 0 Å². The van der Waals surface area contributed by atoms with Gasteiger partial charge in [-0.3, -0.25) is 10.6 Å². The van der Waals surface area contributed by atoms with Crippen molar-refractivity contribution in [1.82, 2.24) is 5.32 Å². The molecule has 0 fully saturated rings. The molecule has 0 saturated heterocycles. The van der Waals surface area contributed by atoms with Crippen LogP contribution < -0.4 is 16.6 Å². The van der Waals surface area contributed by atoms with Gasteiger partial charge in [0.15, 0.2) is 0 Å². The second-order valence-electron chi connectivity index (χ2n) is 4.57. The fourth-order valence-corrected chi connectivity index (χ4v) is 1.88. The number of carbonyl (C=O) groups excluding carboxylic acids is 1. The number of rotatable bonds is 6. The number of hydrazine groups is 1. The van der Waals surface area contributed by atoms with E-state index in [0.29, 0.717) is 11.5 Å². The fourth-order valence-electron chi connectivity index (χ4n) is 1.88. The molecule has 1 aromatic carbocycles. The zero-order chi connectivity index (χ0) is 13.5. The Morgan fingerprint density at radius 3 is 2.50 bits per heavy atom. The Kier molecular flexibility index (Phi) is 5.65. The number of benzene rings is 1. The minimum absolute atomic E-state index is 0.0198. The number of nitrogens with one attached hydrogen (secondary N) is 2. The van der Waals surface area contributed by atoms with E-state index in [0.717, 1.165) is 30.6 Å². The molecular formula is C14H23N3O. The molecule has 0 saturated carbocycles. The molecular weight excluding hydrogens is 226 g/mol. The standard InChI is InChI=1S/C14H23N3O/c1-4-11(5-2)9-16-14(18)12-6-7-13(17-15)10(3)8-12/h6-8,11,17H,4-5,9,15H2,1-3H3,(H,16,18). The number of nitrogens with two attached hydrogens (primary N) is 1. The van der Waals surface area contributed by atoms with Crippen molar-refractivity contribution < 1.29 is 4.79 Å². The van der Waals surface area contributed by atoms with E-state index in [1.165, 1.54) is 0 Å². The molecule has 0 aliphatic rings. The van der Waals surface area contributed by atoms with Crippen LogP contribution in [0.1, 0.15) is 42.6 Å². The van der Waals surface area contributed by atoms with Crippen LogP contribution in [0.3, 0.4) is 0 Å². The predicted octanol–water partition coefficient (Wildman–Crippen LogP) is 2.45. The van der Waals surface area contributed by atoms with Crippen molar-refractivity contribution >= 4 is 11.6 Å². The highest BCUT2D eigenvalue weighted by molar-refractivity contribution is 5.94. The van der Waals surface area contributed by atoms with Gasteiger partial charge in [0.25, 0.3) is 5.91 Å². The van der Waals surface area contributed by atoms with Crippen molar-refractivity contribution in [3.05, 3.63) is 29.3 Å². The van der Waals surface area contributed by atoms with E-state index in [9.17, 15) is 4.79 Å². The summed E-state index contributed by atoms with van der Waals surface area (Å²) < 4.78 is 0. The van der Waals surface area contributed by atoms with Crippen LogP contribution >= 0.6 is 0 Å². The van der Waals surface area contributed by atoms with Crippen LogP contribution in [0, 0.1) is 12.8 Å². The van der Waals surface area contributed by atoms with Crippen molar-refractivity contribution in [3.8, 4) is 0 Å². The first-order valence-electron chi connectivity index (χ1n) is 6.47. The third kappa shape index (κ3) is 3.74. The van der Waals surface area contributed by atoms with Gasteiger partial charge in [0.2, 0.25) is 0 Å². The molecule has 0 spiro atoms. The molecule has 1 aromatic rings. The van der Waals surface area contributed by atoms with Crippen LogP contribution in [-0.4, -0.2) is 12.5 Å². The Balaban J connectivity index is 2.64. The van der Waals surface area contributed by atoms with Crippen molar-refractivity contribution in [2.75, 3.05) is 12.0 Å². The molecule has 0 aromatic heterocycles. The minimum Gasteiger partial charge on any atom is -0.352 e. The van der Waals surface area contributed by atoms with Crippen LogP contribution in [-0.2, 0) is 0 Å². The number of hydrogen-bond acceptors (Lipinski definition) is 3. The second-order valence-corrected chi connectivity index (χ2v) is 4.57. The molecule has 0 heterocycles. The summed E-state index contributed by atoms with van der Waals surface area (Å²) in [6.07, 6.45) is 2.18. The molecule has 0 aliphatic carbocycles. The Morgan fingerprint density at radius 1 is 1.33 bits per heavy atom. The molecule has 0 atom stereocenters. The lowest BCUT2D eigenvalue weighted by molar-refractivity contribution is 0.0946. The summed E-state index contributed by atoms with van der Waals surface area (Å²) in [6.45, 7) is 6.95. The van der Waals surface area contributed by atoms with Gasteiger partial charge in [0.05, 0.1) is 5.69 Å². The molecule has 100 valence electrons. The lowest BCUT2D eigenvalue weighted by Gasteiger charge is -2.14. The second kappa shape index (κ2) is 7.01. The van der Waals surface area contributed by atoms with E-state index in [2.05, 4.69) is 24.6 Å². The highest BCUT2D eigenvalue weighted by atomic mass is 16.1. The van der Waals surface area contributed by atoms with Crippen LogP contribution in [0.25, 0.3) is 0 Å². The van der Waals surface area contributed by atoms with Crippen molar-refractivity contribution in [2.24, 2.45) is 11.8 Å². The van der Waals surface area contributed by atoms with Crippen LogP contribution in [0.15, 0.2) is 18.2 Å². The third-order valence-corrected chi connectivity index (χ3v) is 3.35. The van der Waals surface area contributed by atoms with E-state index >= 15 is 0 Å². The van der Waals surface area contributed by atoms with E-state index in [4.69, 9.17) is 5.84 Å². The SMILES string of the molecule is CCC(CC)CNC(=O)c1ccc(NN)c(C)c1. The van der Waals surface area contributed by atoms with Gasteiger partial charge in [-0.15, -0.1) is 0 Å². The van der Waals surface area contributed by atoms with Gasteiger partial charge < -0.3 is 10.7 Å². The molecule has 0 bridgehead atoms. The topological polar surface area (TPSA) is 67.2 Å². The molecule has 0 radical (unpaired) electrons. The molecule has 4 N–H and O–H groups in total. The maximum absolute atomic E-state index is 12.0. The maximum Gasteiger partial charge on any atom is 0.251 e. The summed E-state index contributed by atoms with van der Waals surface area (Å²) in [4.78, 5) is 12.0. The van der Waals surface area contributed by atoms with Gasteiger partial charge >= 0.3 is 0 Å². The molecule has 0 unspecified atom stereocenters. The summed E-state index contributed by atoms with van der Waals surface area (Å²) in [7, 11) is 0. The van der Waals surface area contributed by atoms with Gasteiger partial charge in [0, 0.05) is 12.1 Å². The summed E-state index contributed by atoms with van der Waals surface area (Å²) in [5.74, 6) is 5.90. The number of aryl methyl sites for hydroxylation is 1. The molecule has 18 heavy (non-hydrogen) atoms. The first-order valence-corrected chi connectivity index (χ1v) is 6.47. The first kappa shape index (κ1) is 14.5. The van der Waals surface area contributed by atoms with Crippen LogP contribution in [0.2, 0.25) is 0 Å². The number of anilines is 1. The molecule has 0 aliphatic heterocycles. The van der Waals surface area contributed by atoms with Crippen LogP contribution in [0.5, 0.6) is 0 Å². The summed E-state index contributed by atoms with van der Waals surface area (Å²) in [5, 5.41) is 2.97. The zero-order valence-corrected chi connectivity index (χ0v) is 11.4. The molecule has 4 heteroatoms. The Morgan fingerprint density at radius 2 is 2.00 bits per heavy atom. The van der Waals surface area contributed by atoms with Crippen LogP contribution in [0.4, 0.5) is 5.69 Å². The van der Waals surface area contributed by atoms with Gasteiger partial charge in [-0.1, -0.05) is 26.7 Å². The van der Waals surface area contributed by atoms with Gasteiger partial charge in [-0.2, -0.15) is 0 Å². The number of nitrogen functional groups attached to an aromatic ring is 1. The van der Waals surface area contributed by atoms with Crippen molar-refractivity contribution in [1.29, 1.82) is 0 Å². The largest absolute Gasteiger partial charge is 0.352 e. The summed E-state index contributed by atoms with van der Waals surface area (Å²) >= 11 is 0. The lowest BCUT2D eigenvalue weighted by atomic mass is 10.0. The zero-order valence-electron chi connectivity index (χ0n) is 11.4. The third-order valence-electron chi connectivity index (χ3n) is 3.35. The van der Waals surface area contributed by atoms with E-state index in [-0.39, 0.29) is 5.91 Å². The predicted molar refractivity (Wildman–Crippen MR) is 75.4 cm³/mol. The Labute approximate surface area is 109 Å². The van der Waals surface area contributed by atoms with Gasteiger partial charge in [0.1, 0.15) is 0 Å². The fraction of sp³-hybridized carbons (Fsp3) is 0.500. The Bertz CT molecular complexity index is 400. The minimum atomic E-state index is -0.0198. The smallest absolute Gasteiger partial charge is 0.251 e. The number of hydrogen-bond donors (Lipinski definition) is 3. The Hall–Kier alpha value is -1.55. The van der Waals surface area contributed by atoms with Gasteiger partial charge in [-0.05, 0) is 36.6 Å². The monoisotopic (exact) mass is 249 g/mol. The summed E-state index contributed by atoms with van der Waals surface area (Å²) in [5.41, 5.74) is 5.08.